The van der Waals surface area contributed by atoms with E-state index in [0.717, 1.165) is 62.1 Å². The SMILES string of the molecule is COc1ccc(CNC(=O)N[C@H]2CC3(C2)C[C@H](C(=O)N2CCCc4ccccc42)C3)cc1. The lowest BCUT2D eigenvalue weighted by Gasteiger charge is -2.57. The lowest BCUT2D eigenvalue weighted by molar-refractivity contribution is -0.135. The molecule has 1 spiro atoms. The molecule has 0 aromatic heterocycles. The first-order chi connectivity index (χ1) is 15.5. The molecule has 0 bridgehead atoms. The third-order valence-corrected chi connectivity index (χ3v) is 7.39. The highest BCUT2D eigenvalue weighted by Gasteiger charge is 2.55. The van der Waals surface area contributed by atoms with Crippen molar-refractivity contribution in [2.45, 2.75) is 51.1 Å². The Labute approximate surface area is 189 Å². The highest BCUT2D eigenvalue weighted by atomic mass is 16.5. The molecule has 0 atom stereocenters. The van der Waals surface area contributed by atoms with Crippen molar-refractivity contribution in [2.75, 3.05) is 18.6 Å². The van der Waals surface area contributed by atoms with Gasteiger partial charge in [0.2, 0.25) is 5.91 Å². The maximum Gasteiger partial charge on any atom is 0.315 e. The van der Waals surface area contributed by atoms with Crippen molar-refractivity contribution < 1.29 is 14.3 Å². The van der Waals surface area contributed by atoms with E-state index in [1.165, 1.54) is 5.56 Å². The minimum Gasteiger partial charge on any atom is -0.497 e. The van der Waals surface area contributed by atoms with Gasteiger partial charge < -0.3 is 20.3 Å². The second-order valence-electron chi connectivity index (χ2n) is 9.61. The normalized spacial score (nSPS) is 25.8. The van der Waals surface area contributed by atoms with Crippen LogP contribution in [0.5, 0.6) is 5.75 Å². The first-order valence-electron chi connectivity index (χ1n) is 11.6. The number of amides is 3. The summed E-state index contributed by atoms with van der Waals surface area (Å²) in [7, 11) is 1.64. The molecule has 0 saturated heterocycles. The van der Waals surface area contributed by atoms with Gasteiger partial charge in [0, 0.05) is 30.7 Å². The van der Waals surface area contributed by atoms with Gasteiger partial charge in [0.15, 0.2) is 0 Å². The fourth-order valence-electron chi connectivity index (χ4n) is 5.73. The standard InChI is InChI=1S/C26H31N3O3/c1-32-22-10-8-18(9-11-22)17-27-25(31)28-21-15-26(16-21)13-20(14-26)24(30)29-12-4-6-19-5-2-3-7-23(19)29/h2-3,5,7-11,20-21H,4,6,12-17H2,1H3,(H2,27,28,31)/t20-,21-,26?. The van der Waals surface area contributed by atoms with Gasteiger partial charge in [0.05, 0.1) is 7.11 Å². The van der Waals surface area contributed by atoms with E-state index in [9.17, 15) is 9.59 Å². The van der Waals surface area contributed by atoms with E-state index in [2.05, 4.69) is 28.8 Å². The van der Waals surface area contributed by atoms with E-state index in [0.29, 0.717) is 6.54 Å². The Morgan fingerprint density at radius 3 is 2.56 bits per heavy atom. The number of nitrogens with zero attached hydrogens (tertiary/aromatic N) is 1. The third-order valence-electron chi connectivity index (χ3n) is 7.39. The summed E-state index contributed by atoms with van der Waals surface area (Å²) in [5.41, 5.74) is 3.68. The van der Waals surface area contributed by atoms with E-state index in [4.69, 9.17) is 4.74 Å². The molecule has 32 heavy (non-hydrogen) atoms. The Kier molecular flexibility index (Phi) is 5.53. The van der Waals surface area contributed by atoms with Gasteiger partial charge >= 0.3 is 6.03 Å². The van der Waals surface area contributed by atoms with Crippen LogP contribution in [0.3, 0.4) is 0 Å². The summed E-state index contributed by atoms with van der Waals surface area (Å²) in [5.74, 6) is 1.22. The Balaban J connectivity index is 1.05. The number of para-hydroxylation sites is 1. The van der Waals surface area contributed by atoms with Crippen molar-refractivity contribution in [1.82, 2.24) is 10.6 Å². The number of nitrogens with one attached hydrogen (secondary N) is 2. The second kappa shape index (κ2) is 8.49. The first-order valence-corrected chi connectivity index (χ1v) is 11.6. The van der Waals surface area contributed by atoms with Crippen molar-refractivity contribution >= 4 is 17.6 Å². The lowest BCUT2D eigenvalue weighted by Crippen LogP contribution is -2.59. The summed E-state index contributed by atoms with van der Waals surface area (Å²) >= 11 is 0. The van der Waals surface area contributed by atoms with E-state index in [-0.39, 0.29) is 29.3 Å². The molecule has 1 heterocycles. The average Bonchev–Trinajstić information content (AvgIpc) is 2.78. The number of hydrogen-bond acceptors (Lipinski definition) is 3. The van der Waals surface area contributed by atoms with Crippen molar-refractivity contribution in [3.05, 3.63) is 59.7 Å². The summed E-state index contributed by atoms with van der Waals surface area (Å²) in [5, 5.41) is 6.01. The van der Waals surface area contributed by atoms with Crippen LogP contribution in [-0.2, 0) is 17.8 Å². The summed E-state index contributed by atoms with van der Waals surface area (Å²) < 4.78 is 5.15. The molecule has 2 aliphatic carbocycles. The molecule has 6 heteroatoms. The van der Waals surface area contributed by atoms with Gasteiger partial charge in [-0.2, -0.15) is 0 Å². The van der Waals surface area contributed by atoms with Gasteiger partial charge in [-0.3, -0.25) is 4.79 Å². The number of hydrogen-bond donors (Lipinski definition) is 2. The Morgan fingerprint density at radius 2 is 1.81 bits per heavy atom. The Hall–Kier alpha value is -3.02. The number of aryl methyl sites for hydroxylation is 1. The van der Waals surface area contributed by atoms with E-state index in [1.54, 1.807) is 7.11 Å². The fourth-order valence-corrected chi connectivity index (χ4v) is 5.73. The highest BCUT2D eigenvalue weighted by molar-refractivity contribution is 5.96. The van der Waals surface area contributed by atoms with Crippen molar-refractivity contribution in [1.29, 1.82) is 0 Å². The van der Waals surface area contributed by atoms with Crippen LogP contribution in [0.25, 0.3) is 0 Å². The van der Waals surface area contributed by atoms with E-state index >= 15 is 0 Å². The number of methoxy groups -OCH3 is 1. The smallest absolute Gasteiger partial charge is 0.315 e. The largest absolute Gasteiger partial charge is 0.497 e. The molecule has 0 radical (unpaired) electrons. The highest BCUT2D eigenvalue weighted by Crippen LogP contribution is 2.59. The number of ether oxygens (including phenoxy) is 1. The van der Waals surface area contributed by atoms with Gasteiger partial charge in [-0.1, -0.05) is 30.3 Å². The topological polar surface area (TPSA) is 70.7 Å². The van der Waals surface area contributed by atoms with Crippen LogP contribution >= 0.6 is 0 Å². The third kappa shape index (κ3) is 4.06. The van der Waals surface area contributed by atoms with Crippen LogP contribution in [0.4, 0.5) is 10.5 Å². The molecule has 0 unspecified atom stereocenters. The van der Waals surface area contributed by atoms with Gasteiger partial charge in [0.1, 0.15) is 5.75 Å². The van der Waals surface area contributed by atoms with Crippen LogP contribution in [-0.4, -0.2) is 31.6 Å². The van der Waals surface area contributed by atoms with Crippen LogP contribution < -0.4 is 20.3 Å². The molecular formula is C26H31N3O3. The second-order valence-corrected chi connectivity index (χ2v) is 9.61. The molecule has 168 valence electrons. The minimum atomic E-state index is -0.127. The fraction of sp³-hybridized carbons (Fsp3) is 0.462. The molecule has 6 nitrogen and oxygen atoms in total. The average molecular weight is 434 g/mol. The zero-order valence-electron chi connectivity index (χ0n) is 18.6. The molecule has 2 N–H and O–H groups in total. The van der Waals surface area contributed by atoms with Crippen molar-refractivity contribution in [3.8, 4) is 5.75 Å². The maximum absolute atomic E-state index is 13.1. The van der Waals surface area contributed by atoms with Crippen LogP contribution in [0.1, 0.15) is 43.2 Å². The maximum atomic E-state index is 13.1. The monoisotopic (exact) mass is 433 g/mol. The number of carbonyl (C=O) groups excluding carboxylic acids is 2. The summed E-state index contributed by atoms with van der Waals surface area (Å²) in [6, 6.07) is 16.0. The molecule has 1 aliphatic heterocycles. The van der Waals surface area contributed by atoms with Gasteiger partial charge in [0.25, 0.3) is 0 Å². The van der Waals surface area contributed by atoms with E-state index in [1.807, 2.05) is 35.2 Å². The summed E-state index contributed by atoms with van der Waals surface area (Å²) in [4.78, 5) is 27.4. The van der Waals surface area contributed by atoms with Crippen LogP contribution in [0.2, 0.25) is 0 Å². The van der Waals surface area contributed by atoms with E-state index < -0.39 is 0 Å². The Bertz CT molecular complexity index is 990. The van der Waals surface area contributed by atoms with Crippen molar-refractivity contribution in [3.63, 3.8) is 0 Å². The lowest BCUT2D eigenvalue weighted by atomic mass is 9.49. The number of benzene rings is 2. The van der Waals surface area contributed by atoms with Gasteiger partial charge in [-0.25, -0.2) is 4.79 Å². The number of rotatable bonds is 5. The zero-order chi connectivity index (χ0) is 22.1. The first kappa shape index (κ1) is 20.9. The predicted molar refractivity (Wildman–Crippen MR) is 124 cm³/mol. The van der Waals surface area contributed by atoms with Gasteiger partial charge in [-0.15, -0.1) is 0 Å². The molecule has 3 aliphatic rings. The van der Waals surface area contributed by atoms with Crippen molar-refractivity contribution in [2.24, 2.45) is 11.3 Å². The number of anilines is 1. The quantitative estimate of drug-likeness (QED) is 0.748. The number of fused-ring (bicyclic) bond motifs is 1. The molecular weight excluding hydrogens is 402 g/mol. The zero-order valence-corrected chi connectivity index (χ0v) is 18.6. The minimum absolute atomic E-state index is 0.127. The molecule has 3 amide bonds. The molecule has 2 saturated carbocycles. The number of urea groups is 1. The summed E-state index contributed by atoms with van der Waals surface area (Å²) in [6.45, 7) is 1.32. The Morgan fingerprint density at radius 1 is 1.06 bits per heavy atom. The number of carbonyl (C=O) groups is 2. The molecule has 2 aromatic carbocycles. The molecule has 5 rings (SSSR count). The molecule has 2 aromatic rings. The van der Waals surface area contributed by atoms with Gasteiger partial charge in [-0.05, 0) is 73.3 Å². The molecule has 2 fully saturated rings. The van der Waals surface area contributed by atoms with Crippen LogP contribution in [0, 0.1) is 11.3 Å². The summed E-state index contributed by atoms with van der Waals surface area (Å²) in [6.07, 6.45) is 5.96. The van der Waals surface area contributed by atoms with Crippen LogP contribution in [0.15, 0.2) is 48.5 Å². The predicted octanol–water partition coefficient (Wildman–Crippen LogP) is 4.03.